The van der Waals surface area contributed by atoms with Crippen molar-refractivity contribution in [1.82, 2.24) is 10.2 Å². The van der Waals surface area contributed by atoms with Gasteiger partial charge in [-0.3, -0.25) is 9.59 Å². The monoisotopic (exact) mass is 591 g/mol. The Labute approximate surface area is 249 Å². The van der Waals surface area contributed by atoms with Crippen LogP contribution in [0.5, 0.6) is 11.5 Å². The number of likely N-dealkylation sites (tertiary alicyclic amines) is 1. The van der Waals surface area contributed by atoms with Gasteiger partial charge in [-0.1, -0.05) is 36.4 Å². The highest BCUT2D eigenvalue weighted by Crippen LogP contribution is 2.65. The Bertz CT molecular complexity index is 1480. The van der Waals surface area contributed by atoms with E-state index in [2.05, 4.69) is 10.2 Å². The number of aliphatic hydroxyl groups is 1. The molecule has 1 fully saturated rings. The molecule has 6 rings (SSSR count). The second-order valence-corrected chi connectivity index (χ2v) is 12.0. The Kier molecular flexibility index (Phi) is 7.44. The smallest absolute Gasteiger partial charge is 0.352 e. The van der Waals surface area contributed by atoms with Crippen molar-refractivity contribution in [2.45, 2.75) is 74.3 Å². The number of likely N-dealkylation sites (N-methyl/N-ethyl adjacent to an activating group) is 1. The van der Waals surface area contributed by atoms with Crippen molar-refractivity contribution in [3.8, 4) is 11.5 Å². The number of nitrogens with zero attached hydrogens (tertiary/aromatic N) is 1. The van der Waals surface area contributed by atoms with Crippen LogP contribution in [-0.2, 0) is 42.1 Å². The molecular formula is C32H37N3O8. The van der Waals surface area contributed by atoms with Crippen LogP contribution in [0.1, 0.15) is 42.9 Å². The molecule has 2 bridgehead atoms. The van der Waals surface area contributed by atoms with Gasteiger partial charge in [-0.05, 0) is 63.0 Å². The quantitative estimate of drug-likeness (QED) is 0.312. The van der Waals surface area contributed by atoms with Gasteiger partial charge >= 0.3 is 11.9 Å². The second kappa shape index (κ2) is 11.0. The lowest BCUT2D eigenvalue weighted by molar-refractivity contribution is -0.175. The summed E-state index contributed by atoms with van der Waals surface area (Å²) in [5.74, 6) is -1.35. The molecule has 1 amide bonds. The number of hydrogen-bond donors (Lipinski definition) is 4. The molecule has 0 aromatic heterocycles. The van der Waals surface area contributed by atoms with Gasteiger partial charge in [0.2, 0.25) is 5.91 Å². The molecule has 2 aromatic carbocycles. The molecule has 228 valence electrons. The van der Waals surface area contributed by atoms with E-state index in [1.165, 1.54) is 6.92 Å². The van der Waals surface area contributed by atoms with Gasteiger partial charge in [-0.2, -0.15) is 0 Å². The Morgan fingerprint density at radius 1 is 1.21 bits per heavy atom. The van der Waals surface area contributed by atoms with Gasteiger partial charge in [0, 0.05) is 24.6 Å². The van der Waals surface area contributed by atoms with Gasteiger partial charge < -0.3 is 40.4 Å². The van der Waals surface area contributed by atoms with Crippen molar-refractivity contribution in [2.24, 2.45) is 5.73 Å². The molecule has 0 saturated carbocycles. The number of amides is 1. The largest absolute Gasteiger partial charge is 0.504 e. The number of ether oxygens (including phenoxy) is 3. The molecule has 2 aliphatic heterocycles. The van der Waals surface area contributed by atoms with Gasteiger partial charge in [0.15, 0.2) is 23.7 Å². The third-order valence-electron chi connectivity index (χ3n) is 9.48. The number of phenols is 1. The van der Waals surface area contributed by atoms with Crippen molar-refractivity contribution in [1.29, 1.82) is 0 Å². The summed E-state index contributed by atoms with van der Waals surface area (Å²) in [6, 6.07) is 11.9. The lowest BCUT2D eigenvalue weighted by atomic mass is 9.50. The lowest BCUT2D eigenvalue weighted by Gasteiger charge is -2.61. The minimum Gasteiger partial charge on any atom is -0.504 e. The summed E-state index contributed by atoms with van der Waals surface area (Å²) in [5, 5.41) is 25.5. The second-order valence-electron chi connectivity index (χ2n) is 12.0. The number of nitrogens with one attached hydrogen (secondary N) is 1. The number of nitrogens with two attached hydrogens (primary N) is 1. The minimum absolute atomic E-state index is 0.00376. The van der Waals surface area contributed by atoms with E-state index in [0.29, 0.717) is 31.6 Å². The normalized spacial score (nSPS) is 28.0. The van der Waals surface area contributed by atoms with Gasteiger partial charge in [-0.15, -0.1) is 0 Å². The molecule has 1 saturated heterocycles. The standard InChI is InChI=1S/C32H37N3O8/c1-18(41-25(37)11-14-34-29(38)21(33)16-19-6-4-3-5-7-19)30(39)42-23-10-12-32(40)24-17-20-8-9-22(36)27-26(20)31(32,28(23)43-27)13-15-35(24)2/h3-10,18,21,24,28,36,40H,11-17,33H2,1-2H3,(H,34,38)/t18-,21-,24-,28-,31-,32+/m0/s1. The number of piperidine rings is 1. The Morgan fingerprint density at radius 2 is 1.98 bits per heavy atom. The summed E-state index contributed by atoms with van der Waals surface area (Å²) in [6.07, 6.45) is 1.22. The van der Waals surface area contributed by atoms with E-state index in [1.807, 2.05) is 43.4 Å². The fourth-order valence-electron chi connectivity index (χ4n) is 7.32. The highest BCUT2D eigenvalue weighted by molar-refractivity contribution is 5.83. The fraction of sp³-hybridized carbons (Fsp3) is 0.469. The third-order valence-corrected chi connectivity index (χ3v) is 9.48. The predicted molar refractivity (Wildman–Crippen MR) is 154 cm³/mol. The summed E-state index contributed by atoms with van der Waals surface area (Å²) >= 11 is 0. The number of carbonyl (C=O) groups excluding carboxylic acids is 3. The SMILES string of the molecule is C[C@H](OC(=O)CCNC(=O)[C@@H](N)Cc1ccccc1)C(=O)OC1=CC[C@@]2(O)[C@@H]3Cc4ccc(O)c5c4[C@@]2(CCN3C)[C@H]1O5. The minimum atomic E-state index is -1.23. The zero-order valence-corrected chi connectivity index (χ0v) is 24.2. The van der Waals surface area contributed by atoms with Crippen molar-refractivity contribution < 1.29 is 38.8 Å². The third kappa shape index (κ3) is 4.75. The van der Waals surface area contributed by atoms with E-state index in [0.717, 1.165) is 16.7 Å². The van der Waals surface area contributed by atoms with Crippen LogP contribution in [0.4, 0.5) is 0 Å². The summed E-state index contributed by atoms with van der Waals surface area (Å²) in [7, 11) is 1.99. The van der Waals surface area contributed by atoms with Gasteiger partial charge in [0.1, 0.15) is 5.76 Å². The number of carbonyl (C=O) groups is 3. The van der Waals surface area contributed by atoms with Crippen molar-refractivity contribution in [2.75, 3.05) is 20.1 Å². The average molecular weight is 592 g/mol. The van der Waals surface area contributed by atoms with Crippen LogP contribution < -0.4 is 15.8 Å². The predicted octanol–water partition coefficient (Wildman–Crippen LogP) is 1.22. The van der Waals surface area contributed by atoms with E-state index in [9.17, 15) is 24.6 Å². The molecule has 2 heterocycles. The summed E-state index contributed by atoms with van der Waals surface area (Å²) < 4.78 is 17.3. The molecule has 5 N–H and O–H groups in total. The first kappa shape index (κ1) is 29.2. The van der Waals surface area contributed by atoms with E-state index < -0.39 is 47.1 Å². The number of benzene rings is 2. The zero-order valence-electron chi connectivity index (χ0n) is 24.2. The van der Waals surface area contributed by atoms with Crippen LogP contribution in [0.2, 0.25) is 0 Å². The summed E-state index contributed by atoms with van der Waals surface area (Å²) in [4.78, 5) is 40.0. The lowest BCUT2D eigenvalue weighted by Crippen LogP contribution is -2.74. The molecule has 11 heteroatoms. The Morgan fingerprint density at radius 3 is 2.74 bits per heavy atom. The zero-order chi connectivity index (χ0) is 30.5. The van der Waals surface area contributed by atoms with Gasteiger partial charge in [0.05, 0.1) is 23.5 Å². The maximum Gasteiger partial charge on any atom is 0.352 e. The fourth-order valence-corrected chi connectivity index (χ4v) is 7.32. The van der Waals surface area contributed by atoms with E-state index in [1.54, 1.807) is 12.1 Å². The Hall–Kier alpha value is -3.93. The van der Waals surface area contributed by atoms with E-state index >= 15 is 0 Å². The molecular weight excluding hydrogens is 554 g/mol. The van der Waals surface area contributed by atoms with Crippen molar-refractivity contribution in [3.05, 3.63) is 71.0 Å². The molecule has 4 aliphatic rings. The average Bonchev–Trinajstić information content (AvgIpc) is 3.34. The van der Waals surface area contributed by atoms with Crippen LogP contribution in [0.15, 0.2) is 54.3 Å². The van der Waals surface area contributed by atoms with Crippen LogP contribution >= 0.6 is 0 Å². The van der Waals surface area contributed by atoms with Crippen LogP contribution in [0.3, 0.4) is 0 Å². The number of phenolic OH excluding ortho intramolecular Hbond substituents is 1. The molecule has 0 unspecified atom stereocenters. The van der Waals surface area contributed by atoms with Crippen LogP contribution in [-0.4, -0.2) is 83.0 Å². The summed E-state index contributed by atoms with van der Waals surface area (Å²) in [6.45, 7) is 2.11. The molecule has 6 atom stereocenters. The topological polar surface area (TPSA) is 161 Å². The van der Waals surface area contributed by atoms with E-state index in [-0.39, 0.29) is 36.9 Å². The molecule has 2 aromatic rings. The molecule has 1 spiro atoms. The van der Waals surface area contributed by atoms with Gasteiger partial charge in [-0.25, -0.2) is 4.79 Å². The van der Waals surface area contributed by atoms with Crippen LogP contribution in [0, 0.1) is 0 Å². The molecule has 43 heavy (non-hydrogen) atoms. The first-order chi connectivity index (χ1) is 20.5. The number of rotatable bonds is 9. The maximum absolute atomic E-state index is 13.1. The van der Waals surface area contributed by atoms with Crippen molar-refractivity contribution in [3.63, 3.8) is 0 Å². The summed E-state index contributed by atoms with van der Waals surface area (Å²) in [5.41, 5.74) is 6.62. The highest BCUT2D eigenvalue weighted by atomic mass is 16.6. The molecule has 2 aliphatic carbocycles. The first-order valence-electron chi connectivity index (χ1n) is 14.7. The van der Waals surface area contributed by atoms with Crippen molar-refractivity contribution >= 4 is 17.8 Å². The highest BCUT2D eigenvalue weighted by Gasteiger charge is 2.72. The maximum atomic E-state index is 13.1. The van der Waals surface area contributed by atoms with Gasteiger partial charge in [0.25, 0.3) is 0 Å². The first-order valence-corrected chi connectivity index (χ1v) is 14.7. The number of esters is 2. The van der Waals surface area contributed by atoms with E-state index in [4.69, 9.17) is 19.9 Å². The number of aromatic hydroxyl groups is 1. The molecule has 11 nitrogen and oxygen atoms in total. The number of hydrogen-bond acceptors (Lipinski definition) is 10. The molecule has 0 radical (unpaired) electrons. The van der Waals surface area contributed by atoms with Crippen LogP contribution in [0.25, 0.3) is 0 Å². The Balaban J connectivity index is 1.07.